The number of rotatable bonds is 8. The van der Waals surface area contributed by atoms with E-state index in [-0.39, 0.29) is 37.6 Å². The van der Waals surface area contributed by atoms with Crippen LogP contribution in [0.5, 0.6) is 0 Å². The Kier molecular flexibility index (Phi) is 6.50. The topological polar surface area (TPSA) is 118 Å². The highest BCUT2D eigenvalue weighted by Crippen LogP contribution is 2.21. The molecule has 1 heterocycles. The van der Waals surface area contributed by atoms with Crippen molar-refractivity contribution >= 4 is 17.4 Å². The van der Waals surface area contributed by atoms with E-state index in [0.29, 0.717) is 5.82 Å². The maximum atomic E-state index is 12.4. The van der Waals surface area contributed by atoms with E-state index in [4.69, 9.17) is 9.84 Å². The summed E-state index contributed by atoms with van der Waals surface area (Å²) in [5, 5.41) is 22.8. The van der Waals surface area contributed by atoms with Crippen molar-refractivity contribution in [3.63, 3.8) is 0 Å². The third-order valence-electron chi connectivity index (χ3n) is 2.79. The van der Waals surface area contributed by atoms with E-state index < -0.39 is 10.8 Å². The van der Waals surface area contributed by atoms with Crippen molar-refractivity contribution < 1.29 is 19.6 Å². The highest BCUT2D eigenvalue weighted by molar-refractivity contribution is 5.98. The summed E-state index contributed by atoms with van der Waals surface area (Å²) in [5.41, 5.74) is -0.455. The quantitative estimate of drug-likeness (QED) is 0.516. The molecule has 1 amide bonds. The number of nitrogens with zero attached hydrogens (tertiary/aromatic N) is 3. The van der Waals surface area contributed by atoms with E-state index in [0.717, 1.165) is 6.20 Å². The van der Waals surface area contributed by atoms with Gasteiger partial charge in [0.05, 0.1) is 18.1 Å². The first-order chi connectivity index (χ1) is 10.0. The van der Waals surface area contributed by atoms with Crippen molar-refractivity contribution in [2.45, 2.75) is 0 Å². The second-order valence-corrected chi connectivity index (χ2v) is 4.10. The standard InChI is InChI=1S/C12H18N4O5/c1-13-11-7-9(10(8-14-11)16(19)20)12(18)15(3-5-17)4-6-21-2/h7-8,17H,3-6H2,1-2H3,(H,13,14). The van der Waals surface area contributed by atoms with E-state index in [1.165, 1.54) is 18.1 Å². The van der Waals surface area contributed by atoms with Crippen LogP contribution < -0.4 is 5.32 Å². The van der Waals surface area contributed by atoms with Crippen LogP contribution in [0.25, 0.3) is 0 Å². The number of nitrogens with one attached hydrogen (secondary N) is 1. The molecule has 2 N–H and O–H groups in total. The zero-order valence-electron chi connectivity index (χ0n) is 11.9. The lowest BCUT2D eigenvalue weighted by Gasteiger charge is -2.21. The minimum atomic E-state index is -0.660. The van der Waals surface area contributed by atoms with Crippen LogP contribution in [0, 0.1) is 10.1 Å². The number of carbonyl (C=O) groups is 1. The number of aliphatic hydroxyl groups is 1. The van der Waals surface area contributed by atoms with E-state index in [1.807, 2.05) is 0 Å². The first-order valence-electron chi connectivity index (χ1n) is 6.26. The van der Waals surface area contributed by atoms with Crippen LogP contribution in [-0.2, 0) is 4.74 Å². The predicted octanol–water partition coefficient (Wildman–Crippen LogP) is 0.112. The molecule has 0 aromatic carbocycles. The zero-order chi connectivity index (χ0) is 15.8. The van der Waals surface area contributed by atoms with Crippen molar-refractivity contribution in [1.82, 2.24) is 9.88 Å². The number of pyridine rings is 1. The molecule has 0 aliphatic heterocycles. The zero-order valence-corrected chi connectivity index (χ0v) is 11.9. The fraction of sp³-hybridized carbons (Fsp3) is 0.500. The van der Waals surface area contributed by atoms with E-state index in [2.05, 4.69) is 10.3 Å². The fourth-order valence-electron chi connectivity index (χ4n) is 1.71. The minimum absolute atomic E-state index is 0.0660. The second-order valence-electron chi connectivity index (χ2n) is 4.10. The monoisotopic (exact) mass is 298 g/mol. The molecular formula is C12H18N4O5. The van der Waals surface area contributed by atoms with Crippen molar-refractivity contribution in [3.05, 3.63) is 27.9 Å². The molecule has 1 aromatic rings. The van der Waals surface area contributed by atoms with E-state index in [1.54, 1.807) is 7.05 Å². The number of nitro groups is 1. The molecule has 9 nitrogen and oxygen atoms in total. The first kappa shape index (κ1) is 16.8. The Labute approximate surface area is 121 Å². The number of anilines is 1. The van der Waals surface area contributed by atoms with Gasteiger partial charge in [0, 0.05) is 33.3 Å². The summed E-state index contributed by atoms with van der Waals surface area (Å²) in [5.74, 6) is -0.202. The average molecular weight is 298 g/mol. The molecule has 0 saturated carbocycles. The molecule has 9 heteroatoms. The van der Waals surface area contributed by atoms with Crippen LogP contribution in [0.15, 0.2) is 12.3 Å². The lowest BCUT2D eigenvalue weighted by molar-refractivity contribution is -0.385. The van der Waals surface area contributed by atoms with Crippen molar-refractivity contribution in [1.29, 1.82) is 0 Å². The summed E-state index contributed by atoms with van der Waals surface area (Å²) in [6.45, 7) is 0.317. The highest BCUT2D eigenvalue weighted by Gasteiger charge is 2.25. The van der Waals surface area contributed by atoms with Crippen LogP contribution in [-0.4, -0.2) is 66.3 Å². The Bertz CT molecular complexity index is 508. The largest absolute Gasteiger partial charge is 0.395 e. The van der Waals surface area contributed by atoms with Gasteiger partial charge in [0.15, 0.2) is 0 Å². The lowest BCUT2D eigenvalue weighted by atomic mass is 10.2. The van der Waals surface area contributed by atoms with Gasteiger partial charge in [0.2, 0.25) is 0 Å². The molecule has 0 bridgehead atoms. The molecule has 1 rings (SSSR count). The minimum Gasteiger partial charge on any atom is -0.395 e. The van der Waals surface area contributed by atoms with Crippen molar-refractivity contribution in [3.8, 4) is 0 Å². The van der Waals surface area contributed by atoms with Crippen LogP contribution in [0.2, 0.25) is 0 Å². The Balaban J connectivity index is 3.14. The van der Waals surface area contributed by atoms with Crippen LogP contribution >= 0.6 is 0 Å². The molecule has 0 atom stereocenters. The lowest BCUT2D eigenvalue weighted by Crippen LogP contribution is -2.36. The van der Waals surface area contributed by atoms with Gasteiger partial charge in [-0.25, -0.2) is 4.98 Å². The number of aliphatic hydroxyl groups excluding tert-OH is 1. The Morgan fingerprint density at radius 3 is 2.81 bits per heavy atom. The fourth-order valence-corrected chi connectivity index (χ4v) is 1.71. The van der Waals surface area contributed by atoms with Gasteiger partial charge in [0.25, 0.3) is 11.6 Å². The molecule has 0 radical (unpaired) electrons. The molecule has 0 fully saturated rings. The normalized spacial score (nSPS) is 10.2. The summed E-state index contributed by atoms with van der Waals surface area (Å²) in [6, 6.07) is 1.32. The molecule has 0 aliphatic rings. The number of aromatic nitrogens is 1. The van der Waals surface area contributed by atoms with Gasteiger partial charge in [-0.1, -0.05) is 0 Å². The molecule has 0 unspecified atom stereocenters. The molecule has 0 aliphatic carbocycles. The Morgan fingerprint density at radius 1 is 1.57 bits per heavy atom. The Hall–Kier alpha value is -2.26. The molecule has 116 valence electrons. The molecular weight excluding hydrogens is 280 g/mol. The maximum Gasteiger partial charge on any atom is 0.300 e. The van der Waals surface area contributed by atoms with Crippen molar-refractivity contribution in [2.24, 2.45) is 0 Å². The van der Waals surface area contributed by atoms with E-state index in [9.17, 15) is 14.9 Å². The number of hydrogen-bond donors (Lipinski definition) is 2. The van der Waals surface area contributed by atoms with Crippen LogP contribution in [0.3, 0.4) is 0 Å². The number of amides is 1. The van der Waals surface area contributed by atoms with Gasteiger partial charge >= 0.3 is 0 Å². The smallest absolute Gasteiger partial charge is 0.300 e. The van der Waals surface area contributed by atoms with Gasteiger partial charge in [-0.3, -0.25) is 14.9 Å². The molecule has 0 saturated heterocycles. The summed E-state index contributed by atoms with van der Waals surface area (Å²) in [6.07, 6.45) is 1.03. The third kappa shape index (κ3) is 4.36. The number of ether oxygens (including phenoxy) is 1. The SMILES string of the molecule is CNc1cc(C(=O)N(CCO)CCOC)c([N+](=O)[O-])cn1. The Morgan fingerprint density at radius 2 is 2.29 bits per heavy atom. The summed E-state index contributed by atoms with van der Waals surface area (Å²) >= 11 is 0. The van der Waals surface area contributed by atoms with Gasteiger partial charge in [0.1, 0.15) is 17.6 Å². The second kappa shape index (κ2) is 8.12. The molecule has 0 spiro atoms. The predicted molar refractivity (Wildman–Crippen MR) is 75.3 cm³/mol. The van der Waals surface area contributed by atoms with Gasteiger partial charge < -0.3 is 20.1 Å². The van der Waals surface area contributed by atoms with Gasteiger partial charge in [-0.15, -0.1) is 0 Å². The summed E-state index contributed by atoms with van der Waals surface area (Å²) < 4.78 is 4.89. The molecule has 1 aromatic heterocycles. The van der Waals surface area contributed by atoms with E-state index >= 15 is 0 Å². The van der Waals surface area contributed by atoms with Crippen LogP contribution in [0.1, 0.15) is 10.4 Å². The average Bonchev–Trinajstić information content (AvgIpc) is 2.49. The maximum absolute atomic E-state index is 12.4. The van der Waals surface area contributed by atoms with Crippen LogP contribution in [0.4, 0.5) is 11.5 Å². The highest BCUT2D eigenvalue weighted by atomic mass is 16.6. The van der Waals surface area contributed by atoms with Gasteiger partial charge in [-0.2, -0.15) is 0 Å². The summed E-state index contributed by atoms with van der Waals surface area (Å²) in [4.78, 5) is 27.9. The number of hydrogen-bond acceptors (Lipinski definition) is 7. The number of carbonyl (C=O) groups excluding carboxylic acids is 1. The van der Waals surface area contributed by atoms with Crippen molar-refractivity contribution in [2.75, 3.05) is 45.8 Å². The van der Waals surface area contributed by atoms with Gasteiger partial charge in [-0.05, 0) is 0 Å². The third-order valence-corrected chi connectivity index (χ3v) is 2.79. The molecule has 21 heavy (non-hydrogen) atoms. The number of methoxy groups -OCH3 is 1. The first-order valence-corrected chi connectivity index (χ1v) is 6.26. The summed E-state index contributed by atoms with van der Waals surface area (Å²) in [7, 11) is 3.08.